The Morgan fingerprint density at radius 1 is 1.26 bits per heavy atom. The van der Waals surface area contributed by atoms with Crippen LogP contribution >= 0.6 is 0 Å². The third-order valence-corrected chi connectivity index (χ3v) is 3.94. The van der Waals surface area contributed by atoms with Gasteiger partial charge in [0.15, 0.2) is 0 Å². The van der Waals surface area contributed by atoms with Crippen molar-refractivity contribution in [1.82, 2.24) is 4.90 Å². The summed E-state index contributed by atoms with van der Waals surface area (Å²) in [4.78, 5) is 13.4. The van der Waals surface area contributed by atoms with Crippen molar-refractivity contribution >= 4 is 16.2 Å². The van der Waals surface area contributed by atoms with Crippen LogP contribution in [0.5, 0.6) is 0 Å². The third kappa shape index (κ3) is 5.02. The van der Waals surface area contributed by atoms with Crippen LogP contribution in [0.3, 0.4) is 0 Å². The number of halogens is 3. The average molecular weight is 359 g/mol. The molecule has 0 saturated heterocycles. The van der Waals surface area contributed by atoms with E-state index in [2.05, 4.69) is 4.18 Å². The van der Waals surface area contributed by atoms with Crippen LogP contribution in [0.15, 0.2) is 11.8 Å². The molecule has 2 atom stereocenters. The third-order valence-electron chi connectivity index (χ3n) is 2.94. The van der Waals surface area contributed by atoms with E-state index in [-0.39, 0.29) is 12.2 Å². The summed E-state index contributed by atoms with van der Waals surface area (Å²) in [6, 6.07) is -1.25. The van der Waals surface area contributed by atoms with Crippen LogP contribution in [0.4, 0.5) is 18.0 Å². The van der Waals surface area contributed by atoms with Gasteiger partial charge in [0.25, 0.3) is 0 Å². The van der Waals surface area contributed by atoms with Crippen LogP contribution < -0.4 is 0 Å². The van der Waals surface area contributed by atoms with Gasteiger partial charge in [-0.25, -0.2) is 4.79 Å². The number of amides is 1. The molecule has 1 aliphatic heterocycles. The van der Waals surface area contributed by atoms with Crippen molar-refractivity contribution in [3.8, 4) is 0 Å². The summed E-state index contributed by atoms with van der Waals surface area (Å²) in [5.41, 5.74) is -6.22. The molecule has 0 fully saturated rings. The molecule has 1 heterocycles. The fraction of sp³-hybridized carbons (Fsp3) is 0.769. The first-order valence-corrected chi connectivity index (χ1v) is 8.27. The maximum Gasteiger partial charge on any atom is 0.534 e. The topological polar surface area (TPSA) is 72.9 Å². The van der Waals surface area contributed by atoms with Crippen LogP contribution in [-0.4, -0.2) is 42.6 Å². The lowest BCUT2D eigenvalue weighted by molar-refractivity contribution is -0.0529. The molecule has 0 radical (unpaired) electrons. The number of nitrogens with zero attached hydrogens (tertiary/aromatic N) is 1. The Balaban J connectivity index is 2.94. The van der Waals surface area contributed by atoms with Crippen LogP contribution in [0.2, 0.25) is 0 Å². The van der Waals surface area contributed by atoms with Gasteiger partial charge in [0.2, 0.25) is 0 Å². The summed E-state index contributed by atoms with van der Waals surface area (Å²) in [6.45, 7) is 8.15. The quantitative estimate of drug-likeness (QED) is 0.559. The molecule has 0 aromatic heterocycles. The standard InChI is InChI=1S/C13H20F3NO5S/c1-8-6-10(22-23(19,20)13(14,15)16)7-9(2)17(8)11(18)21-12(3,4)5/h6,8-9H,7H2,1-5H3/t8-,9?/m0/s1. The Morgan fingerprint density at radius 3 is 2.17 bits per heavy atom. The molecule has 1 rings (SSSR count). The molecule has 0 bridgehead atoms. The molecule has 0 aliphatic carbocycles. The van der Waals surface area contributed by atoms with Gasteiger partial charge < -0.3 is 8.92 Å². The minimum absolute atomic E-state index is 0.168. The number of hydrogen-bond donors (Lipinski definition) is 0. The summed E-state index contributed by atoms with van der Waals surface area (Å²) in [6.07, 6.45) is 0.359. The van der Waals surface area contributed by atoms with Gasteiger partial charge in [0.1, 0.15) is 11.4 Å². The average Bonchev–Trinajstić information content (AvgIpc) is 2.22. The first-order chi connectivity index (χ1) is 10.1. The monoisotopic (exact) mass is 359 g/mol. The van der Waals surface area contributed by atoms with E-state index in [0.717, 1.165) is 6.08 Å². The van der Waals surface area contributed by atoms with E-state index in [1.165, 1.54) is 11.8 Å². The fourth-order valence-electron chi connectivity index (χ4n) is 2.12. The highest BCUT2D eigenvalue weighted by atomic mass is 32.2. The minimum Gasteiger partial charge on any atom is -0.444 e. The SMILES string of the molecule is CC1CC(OS(=O)(=O)C(F)(F)F)=C[C@H](C)N1C(=O)OC(C)(C)C. The molecule has 10 heteroatoms. The highest BCUT2D eigenvalue weighted by Gasteiger charge is 2.49. The van der Waals surface area contributed by atoms with Gasteiger partial charge in [0.05, 0.1) is 6.04 Å². The summed E-state index contributed by atoms with van der Waals surface area (Å²) in [5.74, 6) is -0.345. The predicted molar refractivity (Wildman–Crippen MR) is 75.8 cm³/mol. The molecule has 0 saturated carbocycles. The van der Waals surface area contributed by atoms with Crippen molar-refractivity contribution in [2.75, 3.05) is 0 Å². The molecular formula is C13H20F3NO5S. The second-order valence-corrected chi connectivity index (χ2v) is 7.84. The van der Waals surface area contributed by atoms with Gasteiger partial charge >= 0.3 is 21.7 Å². The van der Waals surface area contributed by atoms with Gasteiger partial charge in [-0.1, -0.05) is 0 Å². The van der Waals surface area contributed by atoms with Crippen molar-refractivity contribution < 1.29 is 35.3 Å². The summed E-state index contributed by atoms with van der Waals surface area (Å²) in [5, 5.41) is 0. The molecular weight excluding hydrogens is 339 g/mol. The number of carbonyl (C=O) groups excluding carboxylic acids is 1. The smallest absolute Gasteiger partial charge is 0.444 e. The van der Waals surface area contributed by atoms with Gasteiger partial charge in [-0.3, -0.25) is 4.90 Å². The molecule has 1 amide bonds. The molecule has 6 nitrogen and oxygen atoms in total. The summed E-state index contributed by atoms with van der Waals surface area (Å²) < 4.78 is 68.5. The number of ether oxygens (including phenoxy) is 1. The van der Waals surface area contributed by atoms with E-state index in [0.29, 0.717) is 0 Å². The van der Waals surface area contributed by atoms with E-state index in [1.807, 2.05) is 0 Å². The Labute approximate surface area is 133 Å². The van der Waals surface area contributed by atoms with Crippen molar-refractivity contribution in [2.45, 2.75) is 64.2 Å². The normalized spacial score (nSPS) is 23.3. The molecule has 1 aliphatic rings. The first-order valence-electron chi connectivity index (χ1n) is 6.87. The van der Waals surface area contributed by atoms with E-state index >= 15 is 0 Å². The number of alkyl halides is 3. The summed E-state index contributed by atoms with van der Waals surface area (Å²) >= 11 is 0. The molecule has 0 aromatic carbocycles. The maximum absolute atomic E-state index is 12.3. The van der Waals surface area contributed by atoms with Crippen LogP contribution in [0, 0.1) is 0 Å². The molecule has 0 aromatic rings. The lowest BCUT2D eigenvalue weighted by Gasteiger charge is -2.38. The molecule has 134 valence electrons. The Morgan fingerprint density at radius 2 is 1.78 bits per heavy atom. The molecule has 1 unspecified atom stereocenters. The van der Waals surface area contributed by atoms with E-state index < -0.39 is 39.4 Å². The second-order valence-electron chi connectivity index (χ2n) is 6.30. The lowest BCUT2D eigenvalue weighted by atomic mass is 10.0. The Bertz CT molecular complexity index is 592. The predicted octanol–water partition coefficient (Wildman–Crippen LogP) is 3.15. The van der Waals surface area contributed by atoms with Crippen LogP contribution in [0.25, 0.3) is 0 Å². The van der Waals surface area contributed by atoms with Gasteiger partial charge in [-0.2, -0.15) is 21.6 Å². The highest BCUT2D eigenvalue weighted by molar-refractivity contribution is 7.87. The molecule has 23 heavy (non-hydrogen) atoms. The van der Waals surface area contributed by atoms with Crippen LogP contribution in [0.1, 0.15) is 41.0 Å². The number of hydrogen-bond acceptors (Lipinski definition) is 5. The van der Waals surface area contributed by atoms with Gasteiger partial charge in [-0.15, -0.1) is 0 Å². The highest BCUT2D eigenvalue weighted by Crippen LogP contribution is 2.31. The van der Waals surface area contributed by atoms with Crippen molar-refractivity contribution in [1.29, 1.82) is 0 Å². The Hall–Kier alpha value is -1.45. The second kappa shape index (κ2) is 6.21. The molecule has 0 spiro atoms. The van der Waals surface area contributed by atoms with E-state index in [4.69, 9.17) is 4.74 Å². The fourth-order valence-corrected chi connectivity index (χ4v) is 2.62. The van der Waals surface area contributed by atoms with Gasteiger partial charge in [0, 0.05) is 12.5 Å². The molecule has 0 N–H and O–H groups in total. The van der Waals surface area contributed by atoms with Crippen LogP contribution in [-0.2, 0) is 19.0 Å². The zero-order valence-electron chi connectivity index (χ0n) is 13.5. The van der Waals surface area contributed by atoms with Crippen molar-refractivity contribution in [3.05, 3.63) is 11.8 Å². The maximum atomic E-state index is 12.3. The largest absolute Gasteiger partial charge is 0.534 e. The van der Waals surface area contributed by atoms with Gasteiger partial charge in [-0.05, 0) is 40.7 Å². The minimum atomic E-state index is -5.71. The Kier molecular flexibility index (Phi) is 5.30. The zero-order chi connectivity index (χ0) is 18.2. The van der Waals surface area contributed by atoms with Crippen molar-refractivity contribution in [2.24, 2.45) is 0 Å². The zero-order valence-corrected chi connectivity index (χ0v) is 14.3. The van der Waals surface area contributed by atoms with E-state index in [1.54, 1.807) is 27.7 Å². The first kappa shape index (κ1) is 19.6. The lowest BCUT2D eigenvalue weighted by Crippen LogP contribution is -2.49. The number of rotatable bonds is 2. The van der Waals surface area contributed by atoms with E-state index in [9.17, 15) is 26.4 Å². The van der Waals surface area contributed by atoms with Crippen molar-refractivity contribution in [3.63, 3.8) is 0 Å². The summed E-state index contributed by atoms with van der Waals surface area (Å²) in [7, 11) is -5.71. The number of carbonyl (C=O) groups is 1.